The maximum absolute atomic E-state index is 12.2. The Hall–Kier alpha value is 0.0300. The fraction of sp³-hybridized carbons (Fsp3) is 1.00. The average Bonchev–Trinajstić information content (AvgIpc) is 2.33. The van der Waals surface area contributed by atoms with Gasteiger partial charge in [0, 0.05) is 6.04 Å². The molecule has 1 fully saturated rings. The summed E-state index contributed by atoms with van der Waals surface area (Å²) in [5.41, 5.74) is 0. The fourth-order valence-corrected chi connectivity index (χ4v) is 2.88. The van der Waals surface area contributed by atoms with Crippen LogP contribution in [0.4, 0.5) is 0 Å². The first kappa shape index (κ1) is 17.1. The van der Waals surface area contributed by atoms with Crippen LogP contribution >= 0.6 is 0 Å². The third kappa shape index (κ3) is 6.34. The van der Waals surface area contributed by atoms with Crippen LogP contribution in [0, 0.1) is 5.92 Å². The van der Waals surface area contributed by atoms with Crippen molar-refractivity contribution in [1.29, 1.82) is 0 Å². The maximum Gasteiger partial charge on any atom is 0.157 e. The highest BCUT2D eigenvalue weighted by molar-refractivity contribution is 7.84. The van der Waals surface area contributed by atoms with Crippen LogP contribution in [-0.4, -0.2) is 34.5 Å². The zero-order chi connectivity index (χ0) is 14.5. The van der Waals surface area contributed by atoms with E-state index in [1.54, 1.807) is 0 Å². The zero-order valence-corrected chi connectivity index (χ0v) is 13.7. The average molecular weight is 291 g/mol. The van der Waals surface area contributed by atoms with E-state index in [4.69, 9.17) is 9.47 Å². The molecule has 1 aliphatic rings. The van der Waals surface area contributed by atoms with E-state index in [-0.39, 0.29) is 17.1 Å². The van der Waals surface area contributed by atoms with Crippen LogP contribution in [-0.2, 0) is 20.5 Å². The summed E-state index contributed by atoms with van der Waals surface area (Å²) in [6, 6.07) is 0.231. The predicted molar refractivity (Wildman–Crippen MR) is 79.2 cm³/mol. The SMILES string of the molecule is CC(C)[C@@H](CCC1OCCCO1)N[S@](=O)C(C)(C)C. The molecule has 0 aliphatic carbocycles. The largest absolute Gasteiger partial charge is 0.353 e. The van der Waals surface area contributed by atoms with E-state index in [1.165, 1.54) is 0 Å². The minimum absolute atomic E-state index is 0.0835. The molecule has 114 valence electrons. The van der Waals surface area contributed by atoms with Gasteiger partial charge in [-0.3, -0.25) is 0 Å². The lowest BCUT2D eigenvalue weighted by molar-refractivity contribution is -0.182. The van der Waals surface area contributed by atoms with Gasteiger partial charge in [-0.2, -0.15) is 0 Å². The van der Waals surface area contributed by atoms with Crippen molar-refractivity contribution >= 4 is 11.0 Å². The molecule has 0 aromatic carbocycles. The molecule has 0 aromatic rings. The molecule has 1 heterocycles. The zero-order valence-electron chi connectivity index (χ0n) is 12.9. The summed E-state index contributed by atoms with van der Waals surface area (Å²) in [6.07, 6.45) is 2.68. The first-order chi connectivity index (χ1) is 8.80. The van der Waals surface area contributed by atoms with Crippen molar-refractivity contribution in [2.45, 2.75) is 71.0 Å². The van der Waals surface area contributed by atoms with Crippen LogP contribution < -0.4 is 4.72 Å². The summed E-state index contributed by atoms with van der Waals surface area (Å²) in [7, 11) is -1.03. The lowest BCUT2D eigenvalue weighted by atomic mass is 10.0. The number of rotatable bonds is 6. The van der Waals surface area contributed by atoms with Crippen LogP contribution in [0.25, 0.3) is 0 Å². The summed E-state index contributed by atoms with van der Waals surface area (Å²) in [6.45, 7) is 11.8. The first-order valence-corrected chi connectivity index (χ1v) is 8.37. The van der Waals surface area contributed by atoms with Gasteiger partial charge in [0.15, 0.2) is 6.29 Å². The molecule has 0 bridgehead atoms. The monoisotopic (exact) mass is 291 g/mol. The van der Waals surface area contributed by atoms with Crippen molar-refractivity contribution in [1.82, 2.24) is 4.72 Å². The van der Waals surface area contributed by atoms with E-state index in [9.17, 15) is 4.21 Å². The molecule has 19 heavy (non-hydrogen) atoms. The Morgan fingerprint density at radius 3 is 2.32 bits per heavy atom. The Morgan fingerprint density at radius 1 is 1.26 bits per heavy atom. The lowest BCUT2D eigenvalue weighted by Gasteiger charge is -2.29. The van der Waals surface area contributed by atoms with Crippen molar-refractivity contribution in [3.05, 3.63) is 0 Å². The Labute approximate surface area is 120 Å². The molecule has 0 amide bonds. The number of nitrogens with one attached hydrogen (secondary N) is 1. The highest BCUT2D eigenvalue weighted by Crippen LogP contribution is 2.18. The van der Waals surface area contributed by atoms with Gasteiger partial charge in [-0.05, 0) is 46.0 Å². The maximum atomic E-state index is 12.2. The topological polar surface area (TPSA) is 47.6 Å². The molecule has 1 rings (SSSR count). The molecule has 4 nitrogen and oxygen atoms in total. The molecule has 0 unspecified atom stereocenters. The second kappa shape index (κ2) is 7.72. The number of hydrogen-bond acceptors (Lipinski definition) is 3. The second-order valence-corrected chi connectivity index (χ2v) is 8.45. The van der Waals surface area contributed by atoms with E-state index in [0.717, 1.165) is 32.5 Å². The van der Waals surface area contributed by atoms with E-state index in [2.05, 4.69) is 18.6 Å². The van der Waals surface area contributed by atoms with Gasteiger partial charge in [0.1, 0.15) is 0 Å². The number of ether oxygens (including phenoxy) is 2. The second-order valence-electron chi connectivity index (χ2n) is 6.45. The van der Waals surface area contributed by atoms with Gasteiger partial charge >= 0.3 is 0 Å². The van der Waals surface area contributed by atoms with Gasteiger partial charge in [0.05, 0.1) is 28.9 Å². The van der Waals surface area contributed by atoms with Crippen molar-refractivity contribution in [3.8, 4) is 0 Å². The van der Waals surface area contributed by atoms with Crippen LogP contribution in [0.5, 0.6) is 0 Å². The Kier molecular flexibility index (Phi) is 6.94. The van der Waals surface area contributed by atoms with Gasteiger partial charge < -0.3 is 9.47 Å². The molecule has 1 aliphatic heterocycles. The van der Waals surface area contributed by atoms with E-state index >= 15 is 0 Å². The molecule has 1 N–H and O–H groups in total. The first-order valence-electron chi connectivity index (χ1n) is 7.22. The highest BCUT2D eigenvalue weighted by atomic mass is 32.2. The molecule has 1 saturated heterocycles. The van der Waals surface area contributed by atoms with E-state index in [0.29, 0.717) is 5.92 Å². The van der Waals surface area contributed by atoms with E-state index < -0.39 is 11.0 Å². The van der Waals surface area contributed by atoms with Crippen LogP contribution in [0.2, 0.25) is 0 Å². The predicted octanol–water partition coefficient (Wildman–Crippen LogP) is 2.61. The van der Waals surface area contributed by atoms with Gasteiger partial charge in [-0.1, -0.05) is 13.8 Å². The van der Waals surface area contributed by atoms with Gasteiger partial charge in [-0.25, -0.2) is 8.93 Å². The normalized spacial score (nSPS) is 21.6. The summed E-state index contributed by atoms with van der Waals surface area (Å²) in [5.74, 6) is 0.440. The Balaban J connectivity index is 2.42. The standard InChI is InChI=1S/C14H29NO3S/c1-11(2)12(15-19(16)14(3,4)5)7-8-13-17-9-6-10-18-13/h11-13,15H,6-10H2,1-5H3/t12-,19-/m1/s1. The Bertz CT molecular complexity index is 283. The highest BCUT2D eigenvalue weighted by Gasteiger charge is 2.25. The lowest BCUT2D eigenvalue weighted by Crippen LogP contribution is -2.43. The number of hydrogen-bond donors (Lipinski definition) is 1. The van der Waals surface area contributed by atoms with Crippen molar-refractivity contribution in [3.63, 3.8) is 0 Å². The van der Waals surface area contributed by atoms with E-state index in [1.807, 2.05) is 20.8 Å². The summed E-state index contributed by atoms with van der Waals surface area (Å²) in [4.78, 5) is 0. The summed E-state index contributed by atoms with van der Waals surface area (Å²) in [5, 5.41) is 0. The third-order valence-corrected chi connectivity index (χ3v) is 4.86. The molecular formula is C14H29NO3S. The molecule has 0 aromatic heterocycles. The molecule has 0 saturated carbocycles. The van der Waals surface area contributed by atoms with Crippen molar-refractivity contribution in [2.24, 2.45) is 5.92 Å². The van der Waals surface area contributed by atoms with Gasteiger partial charge in [0.2, 0.25) is 0 Å². The van der Waals surface area contributed by atoms with Crippen molar-refractivity contribution < 1.29 is 13.7 Å². The van der Waals surface area contributed by atoms with Gasteiger partial charge in [0.25, 0.3) is 0 Å². The van der Waals surface area contributed by atoms with Gasteiger partial charge in [-0.15, -0.1) is 0 Å². The van der Waals surface area contributed by atoms with Crippen LogP contribution in [0.15, 0.2) is 0 Å². The quantitative estimate of drug-likeness (QED) is 0.818. The molecule has 2 atom stereocenters. The van der Waals surface area contributed by atoms with Crippen LogP contribution in [0.3, 0.4) is 0 Å². The molecule has 0 spiro atoms. The fourth-order valence-electron chi connectivity index (χ4n) is 1.86. The summed E-state index contributed by atoms with van der Waals surface area (Å²) < 4.78 is 26.3. The third-order valence-electron chi connectivity index (χ3n) is 3.23. The molecule has 0 radical (unpaired) electrons. The molecule has 5 heteroatoms. The summed E-state index contributed by atoms with van der Waals surface area (Å²) >= 11 is 0. The Morgan fingerprint density at radius 2 is 1.84 bits per heavy atom. The van der Waals surface area contributed by atoms with Crippen LogP contribution in [0.1, 0.15) is 53.9 Å². The minimum atomic E-state index is -1.03. The smallest absolute Gasteiger partial charge is 0.157 e. The molecular weight excluding hydrogens is 262 g/mol. The minimum Gasteiger partial charge on any atom is -0.353 e. The van der Waals surface area contributed by atoms with Crippen molar-refractivity contribution in [2.75, 3.05) is 13.2 Å².